The molecule has 13 rings (SSSR count). The standard InChI is InChI=1S/C67H48N2/c1-45-29-33-49(34-30-45)67(50-35-31-46(2)32-36-50)63-43-53(68(51-19-5-3-6-20-51)65-41-47-17-9-11-23-55(47)57-25-13-15-27-61(57)65)37-39-59(63)60-40-38-54(44-64(60)67)69(52-21-7-4-8-22-52)66-42-48-18-10-12-24-56(48)58-26-14-16-28-62(58)66/h3-44H,1-2H3. The van der Waals surface area contributed by atoms with E-state index in [1.807, 2.05) is 0 Å². The number of hydrogen-bond acceptors (Lipinski definition) is 2. The summed E-state index contributed by atoms with van der Waals surface area (Å²) in [6.45, 7) is 4.37. The number of anilines is 6. The van der Waals surface area contributed by atoms with Crippen molar-refractivity contribution in [2.45, 2.75) is 19.3 Å². The van der Waals surface area contributed by atoms with E-state index >= 15 is 0 Å². The van der Waals surface area contributed by atoms with Crippen molar-refractivity contribution in [1.82, 2.24) is 0 Å². The van der Waals surface area contributed by atoms with E-state index in [0.29, 0.717) is 0 Å². The number of nitrogens with zero attached hydrogens (tertiary/aromatic N) is 2. The lowest BCUT2D eigenvalue weighted by Crippen LogP contribution is -2.29. The molecular formula is C67H48N2. The van der Waals surface area contributed by atoms with E-state index in [1.54, 1.807) is 0 Å². The summed E-state index contributed by atoms with van der Waals surface area (Å²) in [4.78, 5) is 4.95. The van der Waals surface area contributed by atoms with Gasteiger partial charge in [0.05, 0.1) is 16.8 Å². The molecule has 0 aromatic heterocycles. The van der Waals surface area contributed by atoms with Gasteiger partial charge < -0.3 is 9.80 Å². The summed E-state index contributed by atoms with van der Waals surface area (Å²) in [6.07, 6.45) is 0. The smallest absolute Gasteiger partial charge is 0.0715 e. The van der Waals surface area contributed by atoms with Gasteiger partial charge in [-0.05, 0) is 140 Å². The minimum absolute atomic E-state index is 0.681. The summed E-state index contributed by atoms with van der Waals surface area (Å²) in [5, 5.41) is 9.83. The van der Waals surface area contributed by atoms with Crippen LogP contribution in [0.2, 0.25) is 0 Å². The molecule has 0 unspecified atom stereocenters. The fourth-order valence-electron chi connectivity index (χ4n) is 11.4. The van der Waals surface area contributed by atoms with Crippen LogP contribution in [0.25, 0.3) is 54.2 Å². The SMILES string of the molecule is Cc1ccc(C2(c3ccc(C)cc3)c3cc(N(c4ccccc4)c4cc5ccccc5c5ccccc45)ccc3-c3ccc(N(c4ccccc4)c4cc5ccccc5c5ccccc45)cc32)cc1. The third-order valence-corrected chi connectivity index (χ3v) is 14.6. The Balaban J connectivity index is 1.11. The predicted octanol–water partition coefficient (Wildman–Crippen LogP) is 18.2. The molecule has 0 bridgehead atoms. The van der Waals surface area contributed by atoms with Gasteiger partial charge in [0.25, 0.3) is 0 Å². The van der Waals surface area contributed by atoms with Crippen LogP contribution < -0.4 is 9.80 Å². The lowest BCUT2D eigenvalue weighted by atomic mass is 9.67. The first-order valence-corrected chi connectivity index (χ1v) is 24.0. The predicted molar refractivity (Wildman–Crippen MR) is 293 cm³/mol. The van der Waals surface area contributed by atoms with Crippen molar-refractivity contribution in [3.8, 4) is 11.1 Å². The molecule has 2 heteroatoms. The quantitative estimate of drug-likeness (QED) is 0.140. The molecular weight excluding hydrogens is 833 g/mol. The first-order chi connectivity index (χ1) is 34.0. The van der Waals surface area contributed by atoms with Crippen LogP contribution in [0.1, 0.15) is 33.4 Å². The molecule has 12 aromatic carbocycles. The second kappa shape index (κ2) is 16.3. The lowest BCUT2D eigenvalue weighted by Gasteiger charge is -2.36. The van der Waals surface area contributed by atoms with Crippen LogP contribution in [0.3, 0.4) is 0 Å². The molecule has 1 aliphatic carbocycles. The summed E-state index contributed by atoms with van der Waals surface area (Å²) in [6, 6.07) is 94.8. The van der Waals surface area contributed by atoms with Crippen LogP contribution in [-0.2, 0) is 5.41 Å². The summed E-state index contributed by atoms with van der Waals surface area (Å²) in [5.74, 6) is 0. The molecule has 12 aromatic rings. The zero-order chi connectivity index (χ0) is 46.1. The maximum Gasteiger partial charge on any atom is 0.0715 e. The largest absolute Gasteiger partial charge is 0.310 e. The second-order valence-electron chi connectivity index (χ2n) is 18.6. The van der Waals surface area contributed by atoms with Gasteiger partial charge in [-0.15, -0.1) is 0 Å². The van der Waals surface area contributed by atoms with Crippen LogP contribution >= 0.6 is 0 Å². The van der Waals surface area contributed by atoms with Crippen molar-refractivity contribution in [3.63, 3.8) is 0 Å². The Bertz CT molecular complexity index is 3650. The summed E-state index contributed by atoms with van der Waals surface area (Å²) < 4.78 is 0. The van der Waals surface area contributed by atoms with E-state index in [2.05, 4.69) is 278 Å². The monoisotopic (exact) mass is 880 g/mol. The Kier molecular flexibility index (Phi) is 9.55. The molecule has 0 saturated heterocycles. The van der Waals surface area contributed by atoms with Gasteiger partial charge in [0.1, 0.15) is 0 Å². The van der Waals surface area contributed by atoms with E-state index in [9.17, 15) is 0 Å². The molecule has 0 spiro atoms. The lowest BCUT2D eigenvalue weighted by molar-refractivity contribution is 0.767. The molecule has 0 radical (unpaired) electrons. The Morgan fingerprint density at radius 3 is 1.03 bits per heavy atom. The van der Waals surface area contributed by atoms with Gasteiger partial charge in [-0.1, -0.05) is 205 Å². The molecule has 0 fully saturated rings. The van der Waals surface area contributed by atoms with Crippen molar-refractivity contribution in [2.75, 3.05) is 9.80 Å². The minimum Gasteiger partial charge on any atom is -0.310 e. The van der Waals surface area contributed by atoms with Crippen molar-refractivity contribution < 1.29 is 0 Å². The average Bonchev–Trinajstić information content (AvgIpc) is 3.69. The first-order valence-electron chi connectivity index (χ1n) is 24.0. The fraction of sp³-hybridized carbons (Fsp3) is 0.0448. The topological polar surface area (TPSA) is 6.48 Å². The molecule has 326 valence electrons. The van der Waals surface area contributed by atoms with Crippen molar-refractivity contribution in [1.29, 1.82) is 0 Å². The summed E-state index contributed by atoms with van der Waals surface area (Å²) in [7, 11) is 0. The van der Waals surface area contributed by atoms with E-state index in [0.717, 1.165) is 34.1 Å². The summed E-state index contributed by atoms with van der Waals surface area (Å²) >= 11 is 0. The zero-order valence-electron chi connectivity index (χ0n) is 38.6. The number of benzene rings is 12. The number of fused-ring (bicyclic) bond motifs is 9. The Labute approximate surface area is 403 Å². The maximum absolute atomic E-state index is 2.50. The molecule has 1 aliphatic rings. The highest BCUT2D eigenvalue weighted by Gasteiger charge is 2.47. The van der Waals surface area contributed by atoms with Crippen LogP contribution in [0.4, 0.5) is 34.1 Å². The van der Waals surface area contributed by atoms with Crippen molar-refractivity contribution in [2.24, 2.45) is 0 Å². The normalized spacial score (nSPS) is 12.6. The van der Waals surface area contributed by atoms with E-state index in [4.69, 9.17) is 0 Å². The number of rotatable bonds is 8. The molecule has 0 heterocycles. The van der Waals surface area contributed by atoms with Gasteiger partial charge in [-0.2, -0.15) is 0 Å². The molecule has 0 amide bonds. The van der Waals surface area contributed by atoms with Gasteiger partial charge >= 0.3 is 0 Å². The Morgan fingerprint density at radius 1 is 0.275 bits per heavy atom. The van der Waals surface area contributed by atoms with Crippen molar-refractivity contribution in [3.05, 3.63) is 288 Å². The molecule has 0 N–H and O–H groups in total. The molecule has 0 atom stereocenters. The average molecular weight is 881 g/mol. The number of para-hydroxylation sites is 2. The number of hydrogen-bond donors (Lipinski definition) is 0. The highest BCUT2D eigenvalue weighted by atomic mass is 15.2. The Hall–Kier alpha value is -8.72. The van der Waals surface area contributed by atoms with E-state index in [-0.39, 0.29) is 0 Å². The van der Waals surface area contributed by atoms with E-state index in [1.165, 1.54) is 87.6 Å². The molecule has 69 heavy (non-hydrogen) atoms. The zero-order valence-corrected chi connectivity index (χ0v) is 38.6. The first kappa shape index (κ1) is 40.5. The van der Waals surface area contributed by atoms with Crippen LogP contribution in [0, 0.1) is 13.8 Å². The third-order valence-electron chi connectivity index (χ3n) is 14.6. The van der Waals surface area contributed by atoms with Gasteiger partial charge in [-0.3, -0.25) is 0 Å². The van der Waals surface area contributed by atoms with Crippen molar-refractivity contribution >= 4 is 77.2 Å². The summed E-state index contributed by atoms with van der Waals surface area (Å²) in [5.41, 5.74) is 15.9. The van der Waals surface area contributed by atoms with Gasteiger partial charge in [0.15, 0.2) is 0 Å². The van der Waals surface area contributed by atoms with Gasteiger partial charge in [0.2, 0.25) is 0 Å². The van der Waals surface area contributed by atoms with Crippen LogP contribution in [-0.4, -0.2) is 0 Å². The minimum atomic E-state index is -0.681. The highest BCUT2D eigenvalue weighted by molar-refractivity contribution is 6.16. The third kappa shape index (κ3) is 6.48. The maximum atomic E-state index is 2.50. The molecule has 2 nitrogen and oxygen atoms in total. The van der Waals surface area contributed by atoms with Gasteiger partial charge in [0, 0.05) is 33.5 Å². The molecule has 0 saturated carbocycles. The van der Waals surface area contributed by atoms with Crippen LogP contribution in [0.5, 0.6) is 0 Å². The molecule has 0 aliphatic heterocycles. The Morgan fingerprint density at radius 2 is 0.623 bits per heavy atom. The fourth-order valence-corrected chi connectivity index (χ4v) is 11.4. The van der Waals surface area contributed by atoms with Crippen LogP contribution in [0.15, 0.2) is 255 Å². The van der Waals surface area contributed by atoms with E-state index < -0.39 is 5.41 Å². The van der Waals surface area contributed by atoms with Gasteiger partial charge in [-0.25, -0.2) is 0 Å². The highest BCUT2D eigenvalue weighted by Crippen LogP contribution is 2.59. The number of aryl methyl sites for hydroxylation is 2. The second-order valence-corrected chi connectivity index (χ2v) is 18.6.